The topological polar surface area (TPSA) is 167 Å². The molecule has 0 saturated carbocycles. The van der Waals surface area contributed by atoms with Crippen molar-refractivity contribution in [2.75, 3.05) is 39.1 Å². The van der Waals surface area contributed by atoms with Gasteiger partial charge in [0.1, 0.15) is 25.4 Å². The van der Waals surface area contributed by atoms with Crippen LogP contribution in [0.1, 0.15) is 54.1 Å². The van der Waals surface area contributed by atoms with Crippen LogP contribution in [0.3, 0.4) is 0 Å². The van der Waals surface area contributed by atoms with Crippen LogP contribution < -0.4 is 10.0 Å². The molecule has 3 amide bonds. The Bertz CT molecular complexity index is 1510. The molecule has 2 N–H and O–H groups in total. The van der Waals surface area contributed by atoms with Crippen molar-refractivity contribution in [2.24, 2.45) is 16.1 Å². The fourth-order valence-corrected chi connectivity index (χ4v) is 6.46. The molecule has 2 saturated heterocycles. The molecule has 2 heterocycles. The second-order valence-corrected chi connectivity index (χ2v) is 13.5. The van der Waals surface area contributed by atoms with E-state index in [9.17, 15) is 27.6 Å². The van der Waals surface area contributed by atoms with Crippen LogP contribution in [0, 0.1) is 5.92 Å². The number of piperidine rings is 1. The molecule has 13 nitrogen and oxygen atoms in total. The molecular weight excluding hydrogens is 612 g/mol. The Labute approximate surface area is 269 Å². The minimum Gasteiger partial charge on any atom is -0.461 e. The Balaban J connectivity index is 1.23. The third kappa shape index (κ3) is 10.5. The van der Waals surface area contributed by atoms with Gasteiger partial charge in [-0.3, -0.25) is 24.1 Å². The number of likely N-dealkylation sites (tertiary alicyclic amines) is 2. The van der Waals surface area contributed by atoms with Crippen LogP contribution >= 0.6 is 0 Å². The van der Waals surface area contributed by atoms with Crippen molar-refractivity contribution in [3.63, 3.8) is 0 Å². The highest BCUT2D eigenvalue weighted by Gasteiger charge is 2.38. The quantitative estimate of drug-likeness (QED) is 0.245. The molecule has 0 radical (unpaired) electrons. The van der Waals surface area contributed by atoms with Crippen LogP contribution in [-0.2, 0) is 42.2 Å². The monoisotopic (exact) mass is 654 g/mol. The van der Waals surface area contributed by atoms with Crippen molar-refractivity contribution in [3.05, 3.63) is 71.3 Å². The van der Waals surface area contributed by atoms with Gasteiger partial charge in [-0.15, -0.1) is 5.11 Å². The number of sulfonamides is 1. The number of amides is 3. The summed E-state index contributed by atoms with van der Waals surface area (Å²) >= 11 is 0. The zero-order valence-corrected chi connectivity index (χ0v) is 27.1. The van der Waals surface area contributed by atoms with Gasteiger partial charge in [0.15, 0.2) is 0 Å². The van der Waals surface area contributed by atoms with Gasteiger partial charge in [-0.05, 0) is 49.7 Å². The Hall–Kier alpha value is -4.01. The number of hydrogen-bond donors (Lipinski definition) is 2. The fraction of sp³-hybridized carbons (Fsp3) is 0.500. The number of carbonyl (C=O) groups is 4. The molecule has 46 heavy (non-hydrogen) atoms. The first-order valence-electron chi connectivity index (χ1n) is 15.4. The largest absolute Gasteiger partial charge is 0.461 e. The van der Waals surface area contributed by atoms with E-state index in [1.165, 1.54) is 11.8 Å². The minimum absolute atomic E-state index is 0.0128. The summed E-state index contributed by atoms with van der Waals surface area (Å²) in [5, 5.41) is 11.0. The molecule has 0 aromatic heterocycles. The highest BCUT2D eigenvalue weighted by atomic mass is 32.2. The van der Waals surface area contributed by atoms with Gasteiger partial charge in [0.05, 0.1) is 6.26 Å². The summed E-state index contributed by atoms with van der Waals surface area (Å²) < 4.78 is 31.6. The third-order valence-electron chi connectivity index (χ3n) is 8.15. The van der Waals surface area contributed by atoms with Crippen LogP contribution in [0.4, 0.5) is 0 Å². The molecule has 0 bridgehead atoms. The van der Waals surface area contributed by atoms with Gasteiger partial charge >= 0.3 is 5.97 Å². The van der Waals surface area contributed by atoms with Crippen LogP contribution in [-0.4, -0.2) is 93.1 Å². The van der Waals surface area contributed by atoms with E-state index in [1.807, 2.05) is 30.3 Å². The molecule has 2 aromatic rings. The van der Waals surface area contributed by atoms with Gasteiger partial charge in [-0.25, -0.2) is 13.1 Å². The number of esters is 1. The first kappa shape index (κ1) is 34.9. The average molecular weight is 655 g/mol. The molecule has 2 aliphatic heterocycles. The zero-order chi connectivity index (χ0) is 33.1. The summed E-state index contributed by atoms with van der Waals surface area (Å²) in [5.74, 6) is -1.32. The molecule has 2 atom stereocenters. The van der Waals surface area contributed by atoms with Crippen molar-refractivity contribution in [1.82, 2.24) is 19.8 Å². The lowest BCUT2D eigenvalue weighted by molar-refractivity contribution is -0.142. The van der Waals surface area contributed by atoms with E-state index in [2.05, 4.69) is 25.2 Å². The van der Waals surface area contributed by atoms with Gasteiger partial charge in [-0.2, -0.15) is 5.11 Å². The van der Waals surface area contributed by atoms with Crippen molar-refractivity contribution >= 4 is 33.7 Å². The Morgan fingerprint density at radius 2 is 1.67 bits per heavy atom. The van der Waals surface area contributed by atoms with Gasteiger partial charge in [0.25, 0.3) is 5.91 Å². The highest BCUT2D eigenvalue weighted by molar-refractivity contribution is 7.88. The second kappa shape index (κ2) is 16.5. The van der Waals surface area contributed by atoms with Gasteiger partial charge in [-0.1, -0.05) is 48.5 Å². The number of azo groups is 1. The number of rotatable bonds is 13. The maximum Gasteiger partial charge on any atom is 0.302 e. The number of benzene rings is 2. The van der Waals surface area contributed by atoms with Crippen molar-refractivity contribution in [1.29, 1.82) is 0 Å². The predicted octanol–water partition coefficient (Wildman–Crippen LogP) is 2.28. The zero-order valence-electron chi connectivity index (χ0n) is 26.3. The molecule has 2 aliphatic rings. The highest BCUT2D eigenvalue weighted by Crippen LogP contribution is 2.21. The smallest absolute Gasteiger partial charge is 0.302 e. The molecule has 0 aliphatic carbocycles. The van der Waals surface area contributed by atoms with E-state index >= 15 is 0 Å². The molecule has 4 rings (SSSR count). The maximum absolute atomic E-state index is 13.5. The molecule has 0 unspecified atom stereocenters. The number of nitrogens with zero attached hydrogens (tertiary/aromatic N) is 4. The molecule has 2 fully saturated rings. The average Bonchev–Trinajstić information content (AvgIpc) is 3.53. The van der Waals surface area contributed by atoms with Crippen LogP contribution in [0.15, 0.2) is 64.8 Å². The van der Waals surface area contributed by atoms with Gasteiger partial charge in [0, 0.05) is 44.2 Å². The Morgan fingerprint density at radius 3 is 2.37 bits per heavy atom. The van der Waals surface area contributed by atoms with Gasteiger partial charge in [0.2, 0.25) is 21.8 Å². The van der Waals surface area contributed by atoms with Crippen LogP contribution in [0.25, 0.3) is 0 Å². The van der Waals surface area contributed by atoms with Crippen LogP contribution in [0.2, 0.25) is 0 Å². The number of nitrogens with one attached hydrogen (secondary N) is 2. The summed E-state index contributed by atoms with van der Waals surface area (Å²) in [4.78, 5) is 54.1. The summed E-state index contributed by atoms with van der Waals surface area (Å²) in [6, 6.07) is 14.3. The van der Waals surface area contributed by atoms with E-state index in [0.29, 0.717) is 37.1 Å². The predicted molar refractivity (Wildman–Crippen MR) is 170 cm³/mol. The number of ether oxygens (including phenoxy) is 1. The maximum atomic E-state index is 13.5. The summed E-state index contributed by atoms with van der Waals surface area (Å²) in [5.41, 5.74) is 1.72. The van der Waals surface area contributed by atoms with Crippen LogP contribution in [0.5, 0.6) is 0 Å². The lowest BCUT2D eigenvalue weighted by atomic mass is 9.97. The first-order chi connectivity index (χ1) is 22.0. The number of carbonyl (C=O) groups excluding carboxylic acids is 4. The van der Waals surface area contributed by atoms with Crippen molar-refractivity contribution in [2.45, 2.75) is 57.7 Å². The fourth-order valence-electron chi connectivity index (χ4n) is 5.76. The normalized spacial score (nSPS) is 18.4. The lowest BCUT2D eigenvalue weighted by Gasteiger charge is -2.31. The Morgan fingerprint density at radius 1 is 0.978 bits per heavy atom. The first-order valence-corrected chi connectivity index (χ1v) is 17.3. The van der Waals surface area contributed by atoms with E-state index in [1.54, 1.807) is 24.3 Å². The molecular formula is C32H42N6O7S. The van der Waals surface area contributed by atoms with E-state index in [-0.39, 0.29) is 31.5 Å². The molecule has 2 aromatic carbocycles. The van der Waals surface area contributed by atoms with Gasteiger partial charge < -0.3 is 15.0 Å². The summed E-state index contributed by atoms with van der Waals surface area (Å²) in [7, 11) is -3.66. The van der Waals surface area contributed by atoms with E-state index in [4.69, 9.17) is 4.74 Å². The SMILES string of the molecule is CC(=O)OCc1ccccc1C(=O)N=NCN1CCC(CNC(=O)[C@@H]2CCCN2C(=O)[C@@H](Cc2ccccc2)NS(C)(=O)=O)CC1. The van der Waals surface area contributed by atoms with E-state index < -0.39 is 39.9 Å². The van der Waals surface area contributed by atoms with Crippen molar-refractivity contribution in [3.8, 4) is 0 Å². The molecule has 248 valence electrons. The molecule has 0 spiro atoms. The second-order valence-electron chi connectivity index (χ2n) is 11.8. The minimum atomic E-state index is -3.66. The molecule has 14 heteroatoms. The summed E-state index contributed by atoms with van der Waals surface area (Å²) in [6.45, 7) is 3.87. The Kier molecular flexibility index (Phi) is 12.5. The summed E-state index contributed by atoms with van der Waals surface area (Å²) in [6.07, 6.45) is 4.03. The number of hydrogen-bond acceptors (Lipinski definition) is 9. The lowest BCUT2D eigenvalue weighted by Crippen LogP contribution is -2.54. The van der Waals surface area contributed by atoms with Crippen molar-refractivity contribution < 1.29 is 32.3 Å². The van der Waals surface area contributed by atoms with E-state index in [0.717, 1.165) is 37.8 Å². The standard InChI is InChI=1S/C32H42N6O7S/c1-23(39)45-21-26-11-6-7-12-27(26)30(40)35-34-22-37-17-14-25(15-18-37)20-33-31(41)29-13-8-16-38(29)32(42)28(36-46(2,43)44)19-24-9-4-3-5-10-24/h3-7,9-12,25,28-29,36H,8,13-22H2,1-2H3,(H,33,41)/t28-,29+/m1/s1. The third-order valence-corrected chi connectivity index (χ3v) is 8.86.